The lowest BCUT2D eigenvalue weighted by molar-refractivity contribution is 0.237. The number of aryl methyl sites for hydroxylation is 1. The van der Waals surface area contributed by atoms with Crippen molar-refractivity contribution in [1.29, 1.82) is 0 Å². The molecule has 0 bridgehead atoms. The van der Waals surface area contributed by atoms with Gasteiger partial charge < -0.3 is 20.1 Å². The number of carbonyl (C=O) groups excluding carboxylic acids is 1. The molecule has 1 atom stereocenters. The number of aromatic nitrogens is 2. The molecule has 0 radical (unpaired) electrons. The van der Waals surface area contributed by atoms with Crippen LogP contribution in [-0.2, 0) is 6.42 Å². The summed E-state index contributed by atoms with van der Waals surface area (Å²) in [6.45, 7) is 3.92. The lowest BCUT2D eigenvalue weighted by atomic mass is 10.3. The number of hydrogen-bond donors (Lipinski definition) is 2. The van der Waals surface area contributed by atoms with E-state index in [0.717, 1.165) is 30.2 Å². The third-order valence-electron chi connectivity index (χ3n) is 3.91. The van der Waals surface area contributed by atoms with Crippen molar-refractivity contribution in [1.82, 2.24) is 20.8 Å². The minimum atomic E-state index is -0.172. The van der Waals surface area contributed by atoms with E-state index in [4.69, 9.17) is 16.1 Å². The van der Waals surface area contributed by atoms with Gasteiger partial charge in [-0.25, -0.2) is 4.79 Å². The highest BCUT2D eigenvalue weighted by Gasteiger charge is 2.24. The van der Waals surface area contributed by atoms with Crippen LogP contribution in [0.2, 0.25) is 5.02 Å². The molecule has 1 aliphatic rings. The summed E-state index contributed by atoms with van der Waals surface area (Å²) >= 11 is 5.91. The fourth-order valence-corrected chi connectivity index (χ4v) is 2.85. The van der Waals surface area contributed by atoms with E-state index in [1.54, 1.807) is 6.92 Å². The van der Waals surface area contributed by atoms with Gasteiger partial charge in [-0.1, -0.05) is 16.8 Å². The van der Waals surface area contributed by atoms with E-state index in [0.29, 0.717) is 24.7 Å². The number of halogens is 1. The first-order valence-corrected chi connectivity index (χ1v) is 8.32. The van der Waals surface area contributed by atoms with Gasteiger partial charge in [0.05, 0.1) is 0 Å². The third-order valence-corrected chi connectivity index (χ3v) is 4.16. The normalized spacial score (nSPS) is 17.1. The number of hydrogen-bond acceptors (Lipinski definition) is 5. The van der Waals surface area contributed by atoms with Gasteiger partial charge in [0.15, 0.2) is 5.82 Å². The number of carbonyl (C=O) groups is 1. The molecule has 1 fully saturated rings. The van der Waals surface area contributed by atoms with Crippen LogP contribution in [0.25, 0.3) is 0 Å². The minimum absolute atomic E-state index is 0.131. The maximum atomic E-state index is 12.0. The van der Waals surface area contributed by atoms with Crippen molar-refractivity contribution in [3.8, 4) is 0 Å². The van der Waals surface area contributed by atoms with Crippen LogP contribution in [0.5, 0.6) is 0 Å². The fraction of sp³-hybridized carbons (Fsp3) is 0.438. The van der Waals surface area contributed by atoms with E-state index in [-0.39, 0.29) is 12.1 Å². The number of nitrogens with one attached hydrogen (secondary N) is 2. The predicted octanol–water partition coefficient (Wildman–Crippen LogP) is 2.15. The fourth-order valence-electron chi connectivity index (χ4n) is 2.73. The lowest BCUT2D eigenvalue weighted by Crippen LogP contribution is -2.43. The Balaban J connectivity index is 1.40. The molecule has 2 aromatic rings. The first kappa shape index (κ1) is 16.6. The van der Waals surface area contributed by atoms with Gasteiger partial charge >= 0.3 is 6.03 Å². The summed E-state index contributed by atoms with van der Waals surface area (Å²) in [5.41, 5.74) is 1.12. The van der Waals surface area contributed by atoms with E-state index in [1.807, 2.05) is 24.3 Å². The molecule has 0 unspecified atom stereocenters. The molecule has 128 valence electrons. The monoisotopic (exact) mass is 349 g/mol. The maximum Gasteiger partial charge on any atom is 0.315 e. The first-order chi connectivity index (χ1) is 11.6. The Hall–Kier alpha value is -2.28. The zero-order chi connectivity index (χ0) is 16.9. The van der Waals surface area contributed by atoms with Crippen molar-refractivity contribution < 1.29 is 9.32 Å². The van der Waals surface area contributed by atoms with Crippen LogP contribution in [0, 0.1) is 6.92 Å². The van der Waals surface area contributed by atoms with Crippen molar-refractivity contribution in [2.45, 2.75) is 25.8 Å². The second-order valence-corrected chi connectivity index (χ2v) is 6.23. The molecule has 1 aromatic heterocycles. The van der Waals surface area contributed by atoms with Gasteiger partial charge in [0.1, 0.15) is 0 Å². The summed E-state index contributed by atoms with van der Waals surface area (Å²) in [4.78, 5) is 18.3. The first-order valence-electron chi connectivity index (χ1n) is 7.94. The molecule has 0 aliphatic carbocycles. The van der Waals surface area contributed by atoms with Crippen molar-refractivity contribution in [2.24, 2.45) is 0 Å². The van der Waals surface area contributed by atoms with Crippen LogP contribution in [0.3, 0.4) is 0 Å². The molecule has 0 saturated carbocycles. The Labute approximate surface area is 145 Å². The Morgan fingerprint density at radius 2 is 2.21 bits per heavy atom. The van der Waals surface area contributed by atoms with Crippen LogP contribution in [0.1, 0.15) is 18.1 Å². The van der Waals surface area contributed by atoms with Crippen molar-refractivity contribution in [2.75, 3.05) is 24.5 Å². The summed E-state index contributed by atoms with van der Waals surface area (Å²) in [6, 6.07) is 7.71. The molecule has 2 amide bonds. The van der Waals surface area contributed by atoms with Gasteiger partial charge in [-0.05, 0) is 37.6 Å². The largest absolute Gasteiger partial charge is 0.369 e. The number of amides is 2. The number of nitrogens with zero attached hydrogens (tertiary/aromatic N) is 3. The lowest BCUT2D eigenvalue weighted by Gasteiger charge is -2.19. The Bertz CT molecular complexity index is 688. The molecule has 1 aliphatic heterocycles. The summed E-state index contributed by atoms with van der Waals surface area (Å²) in [6.07, 6.45) is 1.44. The van der Waals surface area contributed by atoms with E-state index in [1.165, 1.54) is 0 Å². The SMILES string of the molecule is Cc1noc(CCNC(=O)N[C@H]2CCN(c3ccc(Cl)cc3)C2)n1. The molecule has 1 saturated heterocycles. The van der Waals surface area contributed by atoms with E-state index >= 15 is 0 Å². The molecule has 3 rings (SSSR count). The number of rotatable bonds is 5. The number of benzene rings is 1. The average Bonchev–Trinajstić information content (AvgIpc) is 3.17. The van der Waals surface area contributed by atoms with Crippen molar-refractivity contribution >= 4 is 23.3 Å². The van der Waals surface area contributed by atoms with Crippen molar-refractivity contribution in [3.63, 3.8) is 0 Å². The molecular weight excluding hydrogens is 330 g/mol. The predicted molar refractivity (Wildman–Crippen MR) is 91.3 cm³/mol. The van der Waals surface area contributed by atoms with Gasteiger partial charge in [-0.2, -0.15) is 4.98 Å². The number of urea groups is 1. The molecular formula is C16H20ClN5O2. The van der Waals surface area contributed by atoms with Crippen LogP contribution in [-0.4, -0.2) is 41.8 Å². The van der Waals surface area contributed by atoms with Crippen molar-refractivity contribution in [3.05, 3.63) is 41.0 Å². The summed E-state index contributed by atoms with van der Waals surface area (Å²) in [5.74, 6) is 1.13. The van der Waals surface area contributed by atoms with Crippen LogP contribution < -0.4 is 15.5 Å². The van der Waals surface area contributed by atoms with Gasteiger partial charge in [0.25, 0.3) is 0 Å². The quantitative estimate of drug-likeness (QED) is 0.864. The van der Waals surface area contributed by atoms with Gasteiger partial charge in [-0.15, -0.1) is 0 Å². The molecule has 2 N–H and O–H groups in total. The van der Waals surface area contributed by atoms with E-state index in [9.17, 15) is 4.79 Å². The Morgan fingerprint density at radius 3 is 2.92 bits per heavy atom. The molecule has 2 heterocycles. The average molecular weight is 350 g/mol. The standard InChI is InChI=1S/C16H20ClN5O2/c1-11-19-15(24-21-11)6-8-18-16(23)20-13-7-9-22(10-13)14-4-2-12(17)3-5-14/h2-5,13H,6-10H2,1H3,(H2,18,20,23)/t13-/m0/s1. The topological polar surface area (TPSA) is 83.3 Å². The smallest absolute Gasteiger partial charge is 0.315 e. The molecule has 7 nitrogen and oxygen atoms in total. The van der Waals surface area contributed by atoms with Gasteiger partial charge in [0, 0.05) is 42.8 Å². The highest BCUT2D eigenvalue weighted by atomic mass is 35.5. The molecule has 8 heteroatoms. The number of anilines is 1. The zero-order valence-corrected chi connectivity index (χ0v) is 14.2. The minimum Gasteiger partial charge on any atom is -0.369 e. The van der Waals surface area contributed by atoms with Gasteiger partial charge in [0.2, 0.25) is 5.89 Å². The molecule has 0 spiro atoms. The third kappa shape index (κ3) is 4.38. The summed E-state index contributed by atoms with van der Waals surface area (Å²) < 4.78 is 5.00. The van der Waals surface area contributed by atoms with E-state index < -0.39 is 0 Å². The van der Waals surface area contributed by atoms with E-state index in [2.05, 4.69) is 25.7 Å². The summed E-state index contributed by atoms with van der Waals surface area (Å²) in [7, 11) is 0. The van der Waals surface area contributed by atoms with Gasteiger partial charge in [-0.3, -0.25) is 0 Å². The highest BCUT2D eigenvalue weighted by molar-refractivity contribution is 6.30. The molecule has 1 aromatic carbocycles. The molecule has 24 heavy (non-hydrogen) atoms. The summed E-state index contributed by atoms with van der Waals surface area (Å²) in [5, 5.41) is 10.2. The van der Waals surface area contributed by atoms with Crippen LogP contribution >= 0.6 is 11.6 Å². The van der Waals surface area contributed by atoms with Crippen LogP contribution in [0.4, 0.5) is 10.5 Å². The maximum absolute atomic E-state index is 12.0. The highest BCUT2D eigenvalue weighted by Crippen LogP contribution is 2.22. The van der Waals surface area contributed by atoms with Crippen LogP contribution in [0.15, 0.2) is 28.8 Å². The Morgan fingerprint density at radius 1 is 1.42 bits per heavy atom. The second kappa shape index (κ2) is 7.53. The Kier molecular flexibility index (Phi) is 5.20. The zero-order valence-electron chi connectivity index (χ0n) is 13.5. The second-order valence-electron chi connectivity index (χ2n) is 5.79.